The first-order valence-corrected chi connectivity index (χ1v) is 9.60. The number of urea groups is 1. The third-order valence-corrected chi connectivity index (χ3v) is 5.69. The molecule has 0 unspecified atom stereocenters. The van der Waals surface area contributed by atoms with Gasteiger partial charge in [0.1, 0.15) is 0 Å². The summed E-state index contributed by atoms with van der Waals surface area (Å²) in [6.07, 6.45) is 4.14. The van der Waals surface area contributed by atoms with Crippen molar-refractivity contribution in [3.63, 3.8) is 0 Å². The van der Waals surface area contributed by atoms with E-state index in [9.17, 15) is 14.4 Å². The summed E-state index contributed by atoms with van der Waals surface area (Å²) >= 11 is 0. The molecule has 7 heteroatoms. The molecular weight excluding hydrogens is 344 g/mol. The zero-order valence-corrected chi connectivity index (χ0v) is 15.7. The van der Waals surface area contributed by atoms with Gasteiger partial charge in [0.25, 0.3) is 0 Å². The van der Waals surface area contributed by atoms with E-state index in [-0.39, 0.29) is 23.8 Å². The number of amides is 4. The first kappa shape index (κ1) is 19.2. The van der Waals surface area contributed by atoms with Gasteiger partial charge in [0.15, 0.2) is 0 Å². The number of nitrogens with two attached hydrogens (primary N) is 1. The summed E-state index contributed by atoms with van der Waals surface area (Å²) in [6.45, 7) is 2.68. The summed E-state index contributed by atoms with van der Waals surface area (Å²) in [6, 6.07) is 9.49. The van der Waals surface area contributed by atoms with Crippen molar-refractivity contribution in [1.29, 1.82) is 0 Å². The molecule has 4 amide bonds. The van der Waals surface area contributed by atoms with Crippen LogP contribution in [0.25, 0.3) is 0 Å². The van der Waals surface area contributed by atoms with Crippen LogP contribution in [0.4, 0.5) is 4.79 Å². The smallest absolute Gasteiger partial charge is 0.312 e. The number of likely N-dealkylation sites (tertiary alicyclic amines) is 2. The molecule has 2 aliphatic rings. The number of hydrogen-bond donors (Lipinski definition) is 2. The molecule has 0 bridgehead atoms. The van der Waals surface area contributed by atoms with Crippen LogP contribution in [0, 0.1) is 5.41 Å². The quantitative estimate of drug-likeness (QED) is 0.811. The predicted molar refractivity (Wildman–Crippen MR) is 102 cm³/mol. The molecule has 3 rings (SSSR count). The van der Waals surface area contributed by atoms with E-state index in [2.05, 4.69) is 17.4 Å². The van der Waals surface area contributed by atoms with Crippen molar-refractivity contribution < 1.29 is 14.4 Å². The highest BCUT2D eigenvalue weighted by atomic mass is 16.2. The van der Waals surface area contributed by atoms with Gasteiger partial charge in [0, 0.05) is 38.0 Å². The van der Waals surface area contributed by atoms with E-state index in [1.165, 1.54) is 5.56 Å². The van der Waals surface area contributed by atoms with Crippen LogP contribution < -0.4 is 11.1 Å². The minimum absolute atomic E-state index is 0.0365. The molecule has 0 aromatic heterocycles. The van der Waals surface area contributed by atoms with Gasteiger partial charge in [-0.05, 0) is 31.2 Å². The summed E-state index contributed by atoms with van der Waals surface area (Å²) in [5.74, 6) is 0.0935. The molecule has 1 aromatic rings. The number of benzene rings is 1. The molecule has 2 saturated heterocycles. The third-order valence-electron chi connectivity index (χ3n) is 5.69. The van der Waals surface area contributed by atoms with E-state index >= 15 is 0 Å². The third kappa shape index (κ3) is 4.99. The Kier molecular flexibility index (Phi) is 5.98. The first-order chi connectivity index (χ1) is 13.0. The number of carbonyl (C=O) groups is 3. The number of rotatable bonds is 5. The van der Waals surface area contributed by atoms with Crippen LogP contribution >= 0.6 is 0 Å². The number of hydrogen-bond acceptors (Lipinski definition) is 3. The lowest BCUT2D eigenvalue weighted by Crippen LogP contribution is -2.56. The first-order valence-electron chi connectivity index (χ1n) is 9.60. The highest BCUT2D eigenvalue weighted by Crippen LogP contribution is 2.38. The molecule has 2 fully saturated rings. The van der Waals surface area contributed by atoms with Crippen LogP contribution in [0.3, 0.4) is 0 Å². The Morgan fingerprint density at radius 1 is 1.15 bits per heavy atom. The lowest BCUT2D eigenvalue weighted by molar-refractivity contribution is -0.142. The summed E-state index contributed by atoms with van der Waals surface area (Å²) in [5.41, 5.74) is 6.24. The summed E-state index contributed by atoms with van der Waals surface area (Å²) < 4.78 is 0. The molecule has 0 saturated carbocycles. The van der Waals surface area contributed by atoms with Crippen molar-refractivity contribution in [2.45, 2.75) is 32.1 Å². The Labute approximate surface area is 159 Å². The van der Waals surface area contributed by atoms with Gasteiger partial charge in [-0.1, -0.05) is 30.3 Å². The van der Waals surface area contributed by atoms with E-state index < -0.39 is 6.03 Å². The molecule has 27 heavy (non-hydrogen) atoms. The van der Waals surface area contributed by atoms with E-state index in [1.807, 2.05) is 28.0 Å². The second-order valence-corrected chi connectivity index (χ2v) is 7.69. The molecule has 146 valence electrons. The fourth-order valence-corrected chi connectivity index (χ4v) is 4.24. The van der Waals surface area contributed by atoms with Gasteiger partial charge in [-0.3, -0.25) is 9.59 Å². The Morgan fingerprint density at radius 2 is 1.93 bits per heavy atom. The summed E-state index contributed by atoms with van der Waals surface area (Å²) in [7, 11) is 0. The lowest BCUT2D eigenvalue weighted by atomic mass is 9.73. The average Bonchev–Trinajstić information content (AvgIpc) is 2.68. The average molecular weight is 372 g/mol. The molecule has 7 nitrogen and oxygen atoms in total. The fourth-order valence-electron chi connectivity index (χ4n) is 4.24. The topological polar surface area (TPSA) is 95.7 Å². The molecule has 0 aliphatic carbocycles. The maximum atomic E-state index is 12.4. The second-order valence-electron chi connectivity index (χ2n) is 7.69. The maximum Gasteiger partial charge on any atom is 0.312 e. The normalized spacial score (nSPS) is 22.7. The summed E-state index contributed by atoms with van der Waals surface area (Å²) in [4.78, 5) is 39.4. The minimum atomic E-state index is -0.689. The Hall–Kier alpha value is -2.57. The fraction of sp³-hybridized carbons (Fsp3) is 0.550. The van der Waals surface area contributed by atoms with Crippen LogP contribution in [0.2, 0.25) is 0 Å². The van der Waals surface area contributed by atoms with Crippen molar-refractivity contribution in [3.8, 4) is 0 Å². The molecular formula is C20H28N4O3. The molecule has 1 spiro atoms. The van der Waals surface area contributed by atoms with E-state index in [0.717, 1.165) is 25.7 Å². The van der Waals surface area contributed by atoms with Gasteiger partial charge in [0.2, 0.25) is 11.8 Å². The minimum Gasteiger partial charge on any atom is -0.352 e. The van der Waals surface area contributed by atoms with E-state index in [1.54, 1.807) is 0 Å². The standard InChI is InChI=1S/C20H28N4O3/c21-19(27)22-13-18(26)23-11-4-9-20(14-23)10-7-17(25)24(15-20)12-8-16-5-2-1-3-6-16/h1-3,5-6H,4,7-15H2,(H3,21,22,27)/t20-/m1/s1. The van der Waals surface area contributed by atoms with Gasteiger partial charge < -0.3 is 20.9 Å². The van der Waals surface area contributed by atoms with Crippen LogP contribution in [0.5, 0.6) is 0 Å². The molecule has 2 aliphatic heterocycles. The Morgan fingerprint density at radius 3 is 2.67 bits per heavy atom. The van der Waals surface area contributed by atoms with Gasteiger partial charge >= 0.3 is 6.03 Å². The monoisotopic (exact) mass is 372 g/mol. The lowest BCUT2D eigenvalue weighted by Gasteiger charge is -2.48. The molecule has 3 N–H and O–H groups in total. The number of nitrogens with zero attached hydrogens (tertiary/aromatic N) is 2. The highest BCUT2D eigenvalue weighted by molar-refractivity contribution is 5.83. The van der Waals surface area contributed by atoms with Crippen molar-refractivity contribution in [1.82, 2.24) is 15.1 Å². The number of piperidine rings is 2. The van der Waals surface area contributed by atoms with Crippen molar-refractivity contribution in [3.05, 3.63) is 35.9 Å². The molecule has 1 atom stereocenters. The molecule has 2 heterocycles. The summed E-state index contributed by atoms with van der Waals surface area (Å²) in [5, 5.41) is 2.37. The Balaban J connectivity index is 1.60. The number of primary amides is 1. The van der Waals surface area contributed by atoms with Crippen molar-refractivity contribution in [2.75, 3.05) is 32.7 Å². The SMILES string of the molecule is NC(=O)NCC(=O)N1CCC[C@@]2(CCC(=O)N(CCc3ccccc3)C2)C1. The van der Waals surface area contributed by atoms with Gasteiger partial charge in [0.05, 0.1) is 6.54 Å². The van der Waals surface area contributed by atoms with Gasteiger partial charge in [-0.15, -0.1) is 0 Å². The highest BCUT2D eigenvalue weighted by Gasteiger charge is 2.42. The van der Waals surface area contributed by atoms with Crippen molar-refractivity contribution in [2.24, 2.45) is 11.1 Å². The zero-order chi connectivity index (χ0) is 19.3. The van der Waals surface area contributed by atoms with Gasteiger partial charge in [-0.2, -0.15) is 0 Å². The number of nitrogens with one attached hydrogen (secondary N) is 1. The zero-order valence-electron chi connectivity index (χ0n) is 15.7. The maximum absolute atomic E-state index is 12.4. The van der Waals surface area contributed by atoms with E-state index in [4.69, 9.17) is 5.73 Å². The van der Waals surface area contributed by atoms with Crippen molar-refractivity contribution >= 4 is 17.8 Å². The van der Waals surface area contributed by atoms with Crippen LogP contribution in [0.1, 0.15) is 31.2 Å². The number of carbonyl (C=O) groups excluding carboxylic acids is 3. The van der Waals surface area contributed by atoms with Crippen LogP contribution in [0.15, 0.2) is 30.3 Å². The Bertz CT molecular complexity index is 694. The van der Waals surface area contributed by atoms with Crippen LogP contribution in [-0.2, 0) is 16.0 Å². The largest absolute Gasteiger partial charge is 0.352 e. The van der Waals surface area contributed by atoms with Crippen LogP contribution in [-0.4, -0.2) is 60.4 Å². The predicted octanol–water partition coefficient (Wildman–Crippen LogP) is 1.13. The van der Waals surface area contributed by atoms with Gasteiger partial charge in [-0.25, -0.2) is 4.79 Å². The van der Waals surface area contributed by atoms with E-state index in [0.29, 0.717) is 32.6 Å². The molecule has 0 radical (unpaired) electrons. The molecule has 1 aromatic carbocycles. The second kappa shape index (κ2) is 8.41.